The maximum absolute atomic E-state index is 6.19. The zero-order chi connectivity index (χ0) is 25.5. The van der Waals surface area contributed by atoms with Gasteiger partial charge in [0, 0.05) is 23.2 Å². The molecule has 5 aromatic heterocycles. The van der Waals surface area contributed by atoms with E-state index in [-0.39, 0.29) is 0 Å². The third kappa shape index (κ3) is 4.58. The number of nitrogens with one attached hydrogen (secondary N) is 1. The van der Waals surface area contributed by atoms with Gasteiger partial charge in [0.25, 0.3) is 0 Å². The van der Waals surface area contributed by atoms with Crippen molar-refractivity contribution in [3.05, 3.63) is 76.7 Å². The Kier molecular flexibility index (Phi) is 5.72. The number of furan rings is 1. The van der Waals surface area contributed by atoms with Gasteiger partial charge in [-0.15, -0.1) is 11.3 Å². The van der Waals surface area contributed by atoms with E-state index in [9.17, 15) is 0 Å². The van der Waals surface area contributed by atoms with Crippen LogP contribution in [-0.4, -0.2) is 31.7 Å². The summed E-state index contributed by atoms with van der Waals surface area (Å²) in [6.07, 6.45) is 1.85. The lowest BCUT2D eigenvalue weighted by molar-refractivity contribution is 0.303. The van der Waals surface area contributed by atoms with Crippen molar-refractivity contribution in [1.29, 1.82) is 0 Å². The number of anilines is 2. The Bertz CT molecular complexity index is 1750. The molecule has 0 aliphatic rings. The summed E-state index contributed by atoms with van der Waals surface area (Å²) in [5, 5.41) is 11.3. The first-order valence-corrected chi connectivity index (χ1v) is 12.6. The van der Waals surface area contributed by atoms with Crippen molar-refractivity contribution >= 4 is 38.9 Å². The van der Waals surface area contributed by atoms with Crippen LogP contribution in [0.25, 0.3) is 28.1 Å². The molecule has 0 unspecified atom stereocenters. The summed E-state index contributed by atoms with van der Waals surface area (Å²) < 4.78 is 19.6. The number of methoxy groups -OCH3 is 1. The molecule has 0 saturated heterocycles. The van der Waals surface area contributed by atoms with Crippen molar-refractivity contribution in [2.24, 2.45) is 0 Å². The molecule has 6 rings (SSSR count). The number of benzene rings is 1. The predicted octanol–water partition coefficient (Wildman–Crippen LogP) is 6.25. The standard InChI is InChI=1S/C27H24N6O3S/c1-15-5-7-25(28-17(15)3)31-27-29-18(14-37-27)13-35-22-9-19(34-4)10-23-20(22)11-24(36-23)21-12-33-26(30-21)8-6-16(2)32-33/h5-12,14H,13H2,1-4H3,(H,28,29,31). The third-order valence-corrected chi connectivity index (χ3v) is 6.83. The molecular weight excluding hydrogens is 488 g/mol. The molecule has 10 heteroatoms. The summed E-state index contributed by atoms with van der Waals surface area (Å²) in [7, 11) is 1.62. The largest absolute Gasteiger partial charge is 0.496 e. The second-order valence-corrected chi connectivity index (χ2v) is 9.57. The minimum absolute atomic E-state index is 0.291. The molecule has 0 aliphatic carbocycles. The second kappa shape index (κ2) is 9.21. The normalized spacial score (nSPS) is 11.4. The van der Waals surface area contributed by atoms with Gasteiger partial charge in [0.05, 0.1) is 30.1 Å². The highest BCUT2D eigenvalue weighted by atomic mass is 32.1. The Morgan fingerprint density at radius 1 is 1.03 bits per heavy atom. The fourth-order valence-corrected chi connectivity index (χ4v) is 4.64. The number of imidazole rings is 1. The molecule has 0 atom stereocenters. The second-order valence-electron chi connectivity index (χ2n) is 8.71. The van der Waals surface area contributed by atoms with E-state index < -0.39 is 0 Å². The van der Waals surface area contributed by atoms with Crippen LogP contribution in [0.4, 0.5) is 10.9 Å². The quantitative estimate of drug-likeness (QED) is 0.268. The Labute approximate surface area is 216 Å². The van der Waals surface area contributed by atoms with Crippen molar-refractivity contribution in [3.8, 4) is 23.0 Å². The first-order valence-electron chi connectivity index (χ1n) is 11.7. The van der Waals surface area contributed by atoms with Crippen LogP contribution in [0.5, 0.6) is 11.5 Å². The van der Waals surface area contributed by atoms with Gasteiger partial charge in [-0.1, -0.05) is 6.07 Å². The molecule has 186 valence electrons. The van der Waals surface area contributed by atoms with Crippen LogP contribution in [0.2, 0.25) is 0 Å². The number of aryl methyl sites for hydroxylation is 3. The van der Waals surface area contributed by atoms with E-state index >= 15 is 0 Å². The van der Waals surface area contributed by atoms with Crippen LogP contribution in [0, 0.1) is 20.8 Å². The molecule has 9 nitrogen and oxygen atoms in total. The van der Waals surface area contributed by atoms with Gasteiger partial charge in [-0.05, 0) is 50.6 Å². The van der Waals surface area contributed by atoms with Crippen LogP contribution in [0.1, 0.15) is 22.6 Å². The van der Waals surface area contributed by atoms with Crippen molar-refractivity contribution in [3.63, 3.8) is 0 Å². The average molecular weight is 513 g/mol. The molecule has 0 fully saturated rings. The zero-order valence-electron chi connectivity index (χ0n) is 20.8. The lowest BCUT2D eigenvalue weighted by Gasteiger charge is -2.08. The van der Waals surface area contributed by atoms with Crippen molar-refractivity contribution < 1.29 is 13.9 Å². The predicted molar refractivity (Wildman–Crippen MR) is 143 cm³/mol. The maximum Gasteiger partial charge on any atom is 0.188 e. The lowest BCUT2D eigenvalue weighted by Crippen LogP contribution is -1.99. The molecule has 0 aliphatic heterocycles. The van der Waals surface area contributed by atoms with Gasteiger partial charge < -0.3 is 19.2 Å². The molecule has 5 heterocycles. The highest BCUT2D eigenvalue weighted by Crippen LogP contribution is 2.37. The van der Waals surface area contributed by atoms with Crippen LogP contribution in [-0.2, 0) is 6.61 Å². The third-order valence-electron chi connectivity index (χ3n) is 6.03. The summed E-state index contributed by atoms with van der Waals surface area (Å²) >= 11 is 1.50. The first-order chi connectivity index (χ1) is 17.9. The highest BCUT2D eigenvalue weighted by Gasteiger charge is 2.16. The van der Waals surface area contributed by atoms with Crippen LogP contribution in [0.15, 0.2) is 58.5 Å². The van der Waals surface area contributed by atoms with Crippen LogP contribution in [0.3, 0.4) is 0 Å². The molecular formula is C27H24N6O3S. The minimum Gasteiger partial charge on any atom is -0.496 e. The fourth-order valence-electron chi connectivity index (χ4n) is 3.93. The summed E-state index contributed by atoms with van der Waals surface area (Å²) in [5.41, 5.74) is 5.94. The van der Waals surface area contributed by atoms with Gasteiger partial charge in [0.1, 0.15) is 35.2 Å². The number of pyridine rings is 1. The van der Waals surface area contributed by atoms with Gasteiger partial charge in [0.15, 0.2) is 16.5 Å². The Balaban J connectivity index is 1.25. The number of thiazole rings is 1. The molecule has 1 N–H and O–H groups in total. The van der Waals surface area contributed by atoms with Gasteiger partial charge in [-0.2, -0.15) is 5.10 Å². The van der Waals surface area contributed by atoms with Gasteiger partial charge in [-0.3, -0.25) is 0 Å². The number of hydrogen-bond acceptors (Lipinski definition) is 9. The Hall–Kier alpha value is -4.44. The number of nitrogens with zero attached hydrogens (tertiary/aromatic N) is 5. The van der Waals surface area contributed by atoms with E-state index in [4.69, 9.17) is 13.9 Å². The summed E-state index contributed by atoms with van der Waals surface area (Å²) in [5.74, 6) is 2.66. The van der Waals surface area contributed by atoms with Crippen LogP contribution >= 0.6 is 11.3 Å². The molecule has 37 heavy (non-hydrogen) atoms. The van der Waals surface area contributed by atoms with Crippen molar-refractivity contribution in [1.82, 2.24) is 24.6 Å². The molecule has 0 spiro atoms. The Morgan fingerprint density at radius 2 is 1.92 bits per heavy atom. The first kappa shape index (κ1) is 23.0. The molecule has 1 aromatic carbocycles. The summed E-state index contributed by atoms with van der Waals surface area (Å²) in [6.45, 7) is 6.26. The monoisotopic (exact) mass is 512 g/mol. The maximum atomic E-state index is 6.19. The molecule has 6 aromatic rings. The molecule has 0 bridgehead atoms. The van der Waals surface area contributed by atoms with Gasteiger partial charge in [0.2, 0.25) is 0 Å². The number of fused-ring (bicyclic) bond motifs is 2. The lowest BCUT2D eigenvalue weighted by atomic mass is 10.2. The molecule has 0 radical (unpaired) electrons. The van der Waals surface area contributed by atoms with E-state index in [0.717, 1.165) is 44.6 Å². The van der Waals surface area contributed by atoms with E-state index in [1.165, 1.54) is 11.3 Å². The van der Waals surface area contributed by atoms with Crippen LogP contribution < -0.4 is 14.8 Å². The molecule has 0 amide bonds. The average Bonchev–Trinajstić information content (AvgIpc) is 3.62. The topological polar surface area (TPSA) is 99.6 Å². The zero-order valence-corrected chi connectivity index (χ0v) is 21.6. The van der Waals surface area contributed by atoms with E-state index in [1.807, 2.05) is 74.8 Å². The van der Waals surface area contributed by atoms with Crippen molar-refractivity contribution in [2.75, 3.05) is 12.4 Å². The highest BCUT2D eigenvalue weighted by molar-refractivity contribution is 7.13. The Morgan fingerprint density at radius 3 is 2.76 bits per heavy atom. The smallest absolute Gasteiger partial charge is 0.188 e. The number of hydrogen-bond donors (Lipinski definition) is 1. The number of rotatable bonds is 7. The van der Waals surface area contributed by atoms with Gasteiger partial charge in [-0.25, -0.2) is 19.5 Å². The van der Waals surface area contributed by atoms with E-state index in [2.05, 4.69) is 25.4 Å². The molecule has 0 saturated carbocycles. The van der Waals surface area contributed by atoms with E-state index in [0.29, 0.717) is 35.1 Å². The van der Waals surface area contributed by atoms with E-state index in [1.54, 1.807) is 11.6 Å². The summed E-state index contributed by atoms with van der Waals surface area (Å²) in [6, 6.07) is 13.5. The van der Waals surface area contributed by atoms with Crippen molar-refractivity contribution in [2.45, 2.75) is 27.4 Å². The van der Waals surface area contributed by atoms with Gasteiger partial charge >= 0.3 is 0 Å². The SMILES string of the molecule is COc1cc(OCc2csc(Nc3ccc(C)c(C)n3)n2)c2cc(-c3cn4nc(C)ccc4n3)oc2c1. The number of ether oxygens (including phenoxy) is 2. The fraction of sp³-hybridized carbons (Fsp3) is 0.185. The summed E-state index contributed by atoms with van der Waals surface area (Å²) in [4.78, 5) is 13.9. The number of aromatic nitrogens is 5. The minimum atomic E-state index is 0.291.